The summed E-state index contributed by atoms with van der Waals surface area (Å²) in [6.07, 6.45) is 86.0. The Balaban J connectivity index is 0.0000347. The average molecular weight is 1550 g/mol. The van der Waals surface area contributed by atoms with Crippen molar-refractivity contribution in [1.82, 2.24) is 0 Å². The molecular weight excluding hydrogens is 1380 g/mol. The summed E-state index contributed by atoms with van der Waals surface area (Å²) in [7, 11) is -2.59. The topological polar surface area (TPSA) is 30.9 Å². The lowest BCUT2D eigenvalue weighted by atomic mass is 10.1. The molecule has 0 atom stereocenters. The van der Waals surface area contributed by atoms with E-state index in [1.165, 1.54) is 342 Å². The quantitative estimate of drug-likeness (QED) is 0.0416. The Morgan fingerprint density at radius 3 is 0.495 bits per heavy atom. The summed E-state index contributed by atoms with van der Waals surface area (Å²) in [5, 5.41) is 0. The predicted octanol–water partition coefficient (Wildman–Crippen LogP) is 22.7. The van der Waals surface area contributed by atoms with Crippen LogP contribution in [0, 0.1) is 0 Å². The van der Waals surface area contributed by atoms with Gasteiger partial charge >= 0.3 is 0 Å². The number of hydrogen-bond acceptors (Lipinski definition) is 4. The Bertz CT molecular complexity index is 1880. The van der Waals surface area contributed by atoms with Crippen LogP contribution in [0.5, 0.6) is 0 Å². The number of benzene rings is 3. The zero-order valence-electron chi connectivity index (χ0n) is 69.7. The van der Waals surface area contributed by atoms with Crippen molar-refractivity contribution in [3.8, 4) is 0 Å². The van der Waals surface area contributed by atoms with Gasteiger partial charge in [-0.15, -0.1) is 0 Å². The van der Waals surface area contributed by atoms with Gasteiger partial charge in [0.05, 0.1) is 93.8 Å². The SMILES string of the molecule is CCCCCC[P+](CCCCCC)(CCCCCC)CCCCCCOCc1ccc(N(c2ccc(COCCCCCC[P+](CCCCCC)(CCCCCC)CCCCCC)cc2)c2ccc(COCCCCCC[P+](CCCCCC)(CCCCCC)CCCCCC)cc2)cc1.[Cl-].[Cl-].[Cl-]. The highest BCUT2D eigenvalue weighted by atomic mass is 35.5. The van der Waals surface area contributed by atoms with Crippen molar-refractivity contribution in [1.29, 1.82) is 0 Å². The number of anilines is 3. The van der Waals surface area contributed by atoms with Crippen molar-refractivity contribution in [3.05, 3.63) is 89.5 Å². The van der Waals surface area contributed by atoms with Crippen LogP contribution in [-0.4, -0.2) is 93.8 Å². The van der Waals surface area contributed by atoms with E-state index in [9.17, 15) is 0 Å². The van der Waals surface area contributed by atoms with E-state index in [1.54, 1.807) is 73.9 Å². The molecule has 0 amide bonds. The number of unbranched alkanes of at least 4 members (excludes halogenated alkanes) is 36. The second kappa shape index (κ2) is 71.8. The van der Waals surface area contributed by atoms with Crippen LogP contribution >= 0.6 is 21.8 Å². The molecule has 103 heavy (non-hydrogen) atoms. The molecule has 0 heterocycles. The fourth-order valence-electron chi connectivity index (χ4n) is 16.1. The minimum Gasteiger partial charge on any atom is -1.00 e. The first-order valence-corrected chi connectivity index (χ1v) is 52.2. The average Bonchev–Trinajstić information content (AvgIpc) is 0.808. The van der Waals surface area contributed by atoms with Gasteiger partial charge < -0.3 is 56.3 Å². The van der Waals surface area contributed by atoms with Gasteiger partial charge in [0, 0.05) is 58.7 Å². The van der Waals surface area contributed by atoms with E-state index in [-0.39, 0.29) is 37.2 Å². The molecule has 0 bridgehead atoms. The number of rotatable bonds is 75. The van der Waals surface area contributed by atoms with E-state index in [0.29, 0.717) is 19.8 Å². The molecule has 3 rings (SSSR count). The van der Waals surface area contributed by atoms with Crippen LogP contribution in [0.3, 0.4) is 0 Å². The van der Waals surface area contributed by atoms with Crippen molar-refractivity contribution in [2.75, 3.05) is 98.7 Å². The molecule has 0 aliphatic rings. The zero-order valence-corrected chi connectivity index (χ0v) is 74.7. The zero-order chi connectivity index (χ0) is 71.8. The van der Waals surface area contributed by atoms with Crippen molar-refractivity contribution < 1.29 is 51.4 Å². The first-order valence-electron chi connectivity index (χ1n) is 44.6. The molecule has 3 aromatic rings. The van der Waals surface area contributed by atoms with Gasteiger partial charge in [-0.3, -0.25) is 0 Å². The molecule has 4 nitrogen and oxygen atoms in total. The summed E-state index contributed by atoms with van der Waals surface area (Å²) in [5.74, 6) is 0. The van der Waals surface area contributed by atoms with Gasteiger partial charge in [-0.2, -0.15) is 0 Å². The van der Waals surface area contributed by atoms with Gasteiger partial charge in [0.15, 0.2) is 0 Å². The third-order valence-electron chi connectivity index (χ3n) is 22.8. The van der Waals surface area contributed by atoms with Crippen LogP contribution in [0.1, 0.15) is 387 Å². The minimum absolute atomic E-state index is 0. The molecule has 0 aliphatic heterocycles. The van der Waals surface area contributed by atoms with Crippen molar-refractivity contribution >= 4 is 38.8 Å². The maximum absolute atomic E-state index is 6.42. The lowest BCUT2D eigenvalue weighted by Crippen LogP contribution is -3.00. The van der Waals surface area contributed by atoms with Crippen LogP contribution in [0.2, 0.25) is 0 Å². The predicted molar refractivity (Wildman–Crippen MR) is 462 cm³/mol. The smallest absolute Gasteiger partial charge is 0.0716 e. The van der Waals surface area contributed by atoms with Gasteiger partial charge in [-0.05, 0) is 226 Å². The summed E-state index contributed by atoms with van der Waals surface area (Å²) in [6, 6.07) is 27.6. The van der Waals surface area contributed by atoms with E-state index in [0.717, 1.165) is 19.8 Å². The van der Waals surface area contributed by atoms with Gasteiger partial charge in [0.2, 0.25) is 0 Å². The summed E-state index contributed by atoms with van der Waals surface area (Å²) in [5.41, 5.74) is 7.26. The standard InChI is InChI=1S/C93H171NO3P3.3ClH/c1-10-19-28-46-73-98(74-47-29-20-11-2,75-48-30-21-12-3)82-55-40-37-43-70-95-85-88-58-64-91(65-59-88)94(92-66-60-89(61-67-92)86-96-71-44-38-41-56-83-99(76-49-31-22-13-4,77-50-32-23-14-5)78-51-33-24-15-6)93-68-62-90(63-69-93)87-97-72-45-39-42-57-84-100(79-52-34-25-16-7,80-53-35-26-17-8)81-54-36-27-18-9;;;/h58-69H,10-57,70-87H2,1-9H3;3*1H/q+3;;;/p-3. The molecule has 10 heteroatoms. The second-order valence-electron chi connectivity index (χ2n) is 32.0. The van der Waals surface area contributed by atoms with Crippen LogP contribution in [-0.2, 0) is 34.0 Å². The first kappa shape index (κ1) is 102. The highest BCUT2D eigenvalue weighted by Gasteiger charge is 2.37. The monoisotopic (exact) mass is 1550 g/mol. The van der Waals surface area contributed by atoms with E-state index in [1.807, 2.05) is 0 Å². The minimum atomic E-state index is -0.864. The van der Waals surface area contributed by atoms with Crippen molar-refractivity contribution in [3.63, 3.8) is 0 Å². The van der Waals surface area contributed by atoms with E-state index >= 15 is 0 Å². The first-order chi connectivity index (χ1) is 49.2. The van der Waals surface area contributed by atoms with Crippen molar-refractivity contribution in [2.24, 2.45) is 0 Å². The van der Waals surface area contributed by atoms with Crippen LogP contribution in [0.4, 0.5) is 17.1 Å². The Hall–Kier alpha value is -0.500. The van der Waals surface area contributed by atoms with Gasteiger partial charge in [-0.25, -0.2) is 0 Å². The Morgan fingerprint density at radius 2 is 0.340 bits per heavy atom. The highest BCUT2D eigenvalue weighted by molar-refractivity contribution is 7.76. The fraction of sp³-hybridized carbons (Fsp3) is 0.806. The van der Waals surface area contributed by atoms with Crippen LogP contribution < -0.4 is 42.1 Å². The maximum atomic E-state index is 6.42. The highest BCUT2D eigenvalue weighted by Crippen LogP contribution is 2.64. The number of hydrogen-bond donors (Lipinski definition) is 0. The third kappa shape index (κ3) is 50.9. The molecule has 0 aromatic heterocycles. The molecule has 0 spiro atoms. The van der Waals surface area contributed by atoms with Crippen LogP contribution in [0.25, 0.3) is 0 Å². The van der Waals surface area contributed by atoms with E-state index < -0.39 is 21.8 Å². The molecule has 0 saturated heterocycles. The van der Waals surface area contributed by atoms with Gasteiger partial charge in [0.25, 0.3) is 0 Å². The summed E-state index contributed by atoms with van der Waals surface area (Å²) >= 11 is 0. The fourth-order valence-corrected chi connectivity index (χ4v) is 30.9. The Labute approximate surface area is 664 Å². The van der Waals surface area contributed by atoms with Gasteiger partial charge in [-0.1, -0.05) is 234 Å². The molecule has 0 unspecified atom stereocenters. The second-order valence-corrected chi connectivity index (χ2v) is 45.4. The molecule has 602 valence electrons. The summed E-state index contributed by atoms with van der Waals surface area (Å²) < 4.78 is 19.3. The molecule has 0 aliphatic carbocycles. The third-order valence-corrected chi connectivity index (χ3v) is 38.0. The molecule has 0 fully saturated rings. The van der Waals surface area contributed by atoms with Crippen molar-refractivity contribution in [2.45, 2.75) is 390 Å². The lowest BCUT2D eigenvalue weighted by molar-refractivity contribution is -0.00100. The molecular formula is C93H171Cl3NO3P3. The summed E-state index contributed by atoms with van der Waals surface area (Å²) in [6.45, 7) is 25.9. The molecule has 0 saturated carbocycles. The normalized spacial score (nSPS) is 11.9. The molecule has 3 aromatic carbocycles. The molecule has 0 N–H and O–H groups in total. The maximum Gasteiger partial charge on any atom is 0.0716 e. The Morgan fingerprint density at radius 1 is 0.194 bits per heavy atom. The number of ether oxygens (including phenoxy) is 3. The van der Waals surface area contributed by atoms with Crippen LogP contribution in [0.15, 0.2) is 72.8 Å². The lowest BCUT2D eigenvalue weighted by Gasteiger charge is -2.28. The van der Waals surface area contributed by atoms with E-state index in [4.69, 9.17) is 14.2 Å². The largest absolute Gasteiger partial charge is 1.00 e. The number of halogens is 3. The number of nitrogens with zero attached hydrogens (tertiary/aromatic N) is 1. The Kier molecular flexibility index (Phi) is 71.4. The van der Waals surface area contributed by atoms with E-state index in [2.05, 4.69) is 140 Å². The summed E-state index contributed by atoms with van der Waals surface area (Å²) in [4.78, 5) is 2.43. The van der Waals surface area contributed by atoms with Gasteiger partial charge in [0.1, 0.15) is 0 Å². The molecule has 0 radical (unpaired) electrons.